The molecule has 0 heterocycles. The summed E-state index contributed by atoms with van der Waals surface area (Å²) in [6.45, 7) is 0. The second-order valence-electron chi connectivity index (χ2n) is 3.03. The van der Waals surface area contributed by atoms with Crippen LogP contribution in [0.4, 0.5) is 18.9 Å². The summed E-state index contributed by atoms with van der Waals surface area (Å²) < 4.78 is 57.9. The van der Waals surface area contributed by atoms with Crippen LogP contribution in [-0.2, 0) is 13.8 Å². The van der Waals surface area contributed by atoms with Gasteiger partial charge in [-0.2, -0.15) is 13.2 Å². The van der Waals surface area contributed by atoms with Gasteiger partial charge in [0.25, 0.3) is 9.05 Å². The standard InChI is InChI=1S/C8H4BrClF3NO3S/c9-5-3-4(14-7(15)8(11,12)13)1-2-6(5)18(10,16)17/h1-3H,(H,14,15). The van der Waals surface area contributed by atoms with Crippen LogP contribution in [0.15, 0.2) is 27.6 Å². The fraction of sp³-hybridized carbons (Fsp3) is 0.125. The molecule has 1 aromatic rings. The van der Waals surface area contributed by atoms with Crippen molar-refractivity contribution >= 4 is 47.3 Å². The number of carbonyl (C=O) groups excluding carboxylic acids is 1. The molecule has 0 unspecified atom stereocenters. The summed E-state index contributed by atoms with van der Waals surface area (Å²) in [5.74, 6) is -2.16. The molecule has 0 aliphatic rings. The summed E-state index contributed by atoms with van der Waals surface area (Å²) in [5, 5.41) is 1.57. The minimum absolute atomic E-state index is 0.0579. The van der Waals surface area contributed by atoms with Gasteiger partial charge in [-0.15, -0.1) is 0 Å². The number of alkyl halides is 3. The van der Waals surface area contributed by atoms with E-state index in [1.54, 1.807) is 5.32 Å². The highest BCUT2D eigenvalue weighted by atomic mass is 79.9. The molecule has 1 rings (SSSR count). The van der Waals surface area contributed by atoms with Crippen LogP contribution in [0.3, 0.4) is 0 Å². The smallest absolute Gasteiger partial charge is 0.318 e. The van der Waals surface area contributed by atoms with E-state index in [-0.39, 0.29) is 15.1 Å². The maximum atomic E-state index is 12.0. The van der Waals surface area contributed by atoms with Gasteiger partial charge < -0.3 is 5.32 Å². The van der Waals surface area contributed by atoms with Crippen molar-refractivity contribution in [1.82, 2.24) is 0 Å². The molecule has 0 spiro atoms. The summed E-state index contributed by atoms with van der Waals surface area (Å²) in [4.78, 5) is 10.3. The topological polar surface area (TPSA) is 63.2 Å². The quantitative estimate of drug-likeness (QED) is 0.819. The monoisotopic (exact) mass is 365 g/mol. The Morgan fingerprint density at radius 3 is 2.28 bits per heavy atom. The van der Waals surface area contributed by atoms with Crippen molar-refractivity contribution in [3.8, 4) is 0 Å². The zero-order valence-corrected chi connectivity index (χ0v) is 11.4. The summed E-state index contributed by atoms with van der Waals surface area (Å²) >= 11 is 2.83. The highest BCUT2D eigenvalue weighted by molar-refractivity contribution is 9.10. The molecule has 0 aliphatic heterocycles. The van der Waals surface area contributed by atoms with Gasteiger partial charge in [0.1, 0.15) is 0 Å². The van der Waals surface area contributed by atoms with Crippen LogP contribution < -0.4 is 5.32 Å². The van der Waals surface area contributed by atoms with Gasteiger partial charge in [-0.3, -0.25) is 4.79 Å². The number of nitrogens with one attached hydrogen (secondary N) is 1. The molecule has 0 atom stereocenters. The fourth-order valence-electron chi connectivity index (χ4n) is 0.978. The van der Waals surface area contributed by atoms with E-state index in [1.165, 1.54) is 0 Å². The van der Waals surface area contributed by atoms with Crippen LogP contribution in [0.25, 0.3) is 0 Å². The summed E-state index contributed by atoms with van der Waals surface area (Å²) in [6, 6.07) is 2.96. The maximum Gasteiger partial charge on any atom is 0.471 e. The Morgan fingerprint density at radius 1 is 1.33 bits per heavy atom. The fourth-order valence-corrected chi connectivity index (χ4v) is 3.20. The first kappa shape index (κ1) is 15.3. The molecule has 0 aliphatic carbocycles. The van der Waals surface area contributed by atoms with E-state index in [1.807, 2.05) is 0 Å². The zero-order chi connectivity index (χ0) is 14.1. The first-order valence-corrected chi connectivity index (χ1v) is 7.24. The third-order valence-corrected chi connectivity index (χ3v) is 4.01. The van der Waals surface area contributed by atoms with Crippen LogP contribution in [0.5, 0.6) is 0 Å². The van der Waals surface area contributed by atoms with E-state index in [2.05, 4.69) is 15.9 Å². The molecule has 0 bridgehead atoms. The van der Waals surface area contributed by atoms with Crippen molar-refractivity contribution in [2.75, 3.05) is 5.32 Å². The van der Waals surface area contributed by atoms with E-state index < -0.39 is 21.1 Å². The molecule has 1 amide bonds. The third kappa shape index (κ3) is 3.85. The number of benzene rings is 1. The van der Waals surface area contributed by atoms with Crippen LogP contribution in [0.1, 0.15) is 0 Å². The highest BCUT2D eigenvalue weighted by Crippen LogP contribution is 2.28. The second-order valence-corrected chi connectivity index (χ2v) is 6.42. The highest BCUT2D eigenvalue weighted by Gasteiger charge is 2.38. The second kappa shape index (κ2) is 5.06. The van der Waals surface area contributed by atoms with Gasteiger partial charge in [-0.25, -0.2) is 8.42 Å². The first-order chi connectivity index (χ1) is 8.01. The van der Waals surface area contributed by atoms with Crippen molar-refractivity contribution < 1.29 is 26.4 Å². The maximum absolute atomic E-state index is 12.0. The number of carbonyl (C=O) groups is 1. The molecule has 0 saturated carbocycles. The minimum atomic E-state index is -5.02. The van der Waals surface area contributed by atoms with Crippen molar-refractivity contribution in [2.45, 2.75) is 11.1 Å². The summed E-state index contributed by atoms with van der Waals surface area (Å²) in [6.07, 6.45) is -5.02. The van der Waals surface area contributed by atoms with Gasteiger partial charge in [-0.05, 0) is 34.1 Å². The number of hydrogen-bond donors (Lipinski definition) is 1. The van der Waals surface area contributed by atoms with Crippen LogP contribution in [-0.4, -0.2) is 20.5 Å². The van der Waals surface area contributed by atoms with Gasteiger partial charge in [0.15, 0.2) is 0 Å². The molecule has 100 valence electrons. The van der Waals surface area contributed by atoms with E-state index in [9.17, 15) is 26.4 Å². The predicted molar refractivity (Wildman–Crippen MR) is 61.9 cm³/mol. The van der Waals surface area contributed by atoms with Crippen LogP contribution in [0, 0.1) is 0 Å². The third-order valence-electron chi connectivity index (χ3n) is 1.71. The van der Waals surface area contributed by atoms with E-state index in [0.29, 0.717) is 0 Å². The summed E-state index contributed by atoms with van der Waals surface area (Å²) in [7, 11) is 1.05. The Balaban J connectivity index is 3.04. The average molecular weight is 367 g/mol. The Morgan fingerprint density at radius 2 is 1.89 bits per heavy atom. The number of halogens is 5. The van der Waals surface area contributed by atoms with E-state index in [0.717, 1.165) is 18.2 Å². The number of amides is 1. The van der Waals surface area contributed by atoms with E-state index in [4.69, 9.17) is 10.7 Å². The molecule has 0 saturated heterocycles. The minimum Gasteiger partial charge on any atom is -0.318 e. The largest absolute Gasteiger partial charge is 0.471 e. The average Bonchev–Trinajstić information content (AvgIpc) is 2.13. The van der Waals surface area contributed by atoms with Crippen LogP contribution >= 0.6 is 26.6 Å². The first-order valence-electron chi connectivity index (χ1n) is 4.14. The Bertz CT molecular complexity index is 588. The lowest BCUT2D eigenvalue weighted by Crippen LogP contribution is -2.29. The lowest BCUT2D eigenvalue weighted by molar-refractivity contribution is -0.167. The van der Waals surface area contributed by atoms with E-state index >= 15 is 0 Å². The Labute approximate surface area is 113 Å². The predicted octanol–water partition coefficient (Wildman–Crippen LogP) is 2.88. The molecule has 1 N–H and O–H groups in total. The normalized spacial score (nSPS) is 12.3. The summed E-state index contributed by atoms with van der Waals surface area (Å²) in [5.41, 5.74) is -0.215. The number of anilines is 1. The van der Waals surface area contributed by atoms with Crippen molar-refractivity contribution in [3.05, 3.63) is 22.7 Å². The lowest BCUT2D eigenvalue weighted by Gasteiger charge is -2.09. The van der Waals surface area contributed by atoms with Gasteiger partial charge in [-0.1, -0.05) is 0 Å². The molecule has 4 nitrogen and oxygen atoms in total. The molecule has 10 heteroatoms. The Kier molecular flexibility index (Phi) is 4.29. The van der Waals surface area contributed by atoms with Crippen molar-refractivity contribution in [2.24, 2.45) is 0 Å². The molecular weight excluding hydrogens is 363 g/mol. The molecular formula is C8H4BrClF3NO3S. The zero-order valence-electron chi connectivity index (χ0n) is 8.25. The Hall–Kier alpha value is -0.800. The SMILES string of the molecule is O=C(Nc1ccc(S(=O)(=O)Cl)c(Br)c1)C(F)(F)F. The number of hydrogen-bond acceptors (Lipinski definition) is 3. The molecule has 0 radical (unpaired) electrons. The van der Waals surface area contributed by atoms with Gasteiger partial charge in [0.05, 0.1) is 4.90 Å². The van der Waals surface area contributed by atoms with Crippen LogP contribution in [0.2, 0.25) is 0 Å². The lowest BCUT2D eigenvalue weighted by atomic mass is 10.3. The van der Waals surface area contributed by atoms with Gasteiger partial charge in [0.2, 0.25) is 0 Å². The number of rotatable bonds is 2. The molecule has 18 heavy (non-hydrogen) atoms. The molecule has 0 fully saturated rings. The molecule has 0 aromatic heterocycles. The van der Waals surface area contributed by atoms with Crippen molar-refractivity contribution in [1.29, 1.82) is 0 Å². The van der Waals surface area contributed by atoms with Crippen molar-refractivity contribution in [3.63, 3.8) is 0 Å². The molecule has 1 aromatic carbocycles. The van der Waals surface area contributed by atoms with Gasteiger partial charge in [0, 0.05) is 20.8 Å². The van der Waals surface area contributed by atoms with Gasteiger partial charge >= 0.3 is 12.1 Å².